The van der Waals surface area contributed by atoms with Crippen molar-refractivity contribution in [2.45, 2.75) is 6.04 Å². The van der Waals surface area contributed by atoms with E-state index in [-0.39, 0.29) is 16.7 Å². The smallest absolute Gasteiger partial charge is 0.325 e. The van der Waals surface area contributed by atoms with E-state index in [9.17, 15) is 13.6 Å². The number of halogens is 2. The molecule has 2 rings (SSSR count). The minimum Gasteiger partial charge on any atom is -0.480 e. The average Bonchev–Trinajstić information content (AvgIpc) is 2.39. The Labute approximate surface area is 108 Å². The van der Waals surface area contributed by atoms with Gasteiger partial charge in [-0.15, -0.1) is 0 Å². The van der Waals surface area contributed by atoms with Gasteiger partial charge in [0.1, 0.15) is 17.7 Å². The first-order chi connectivity index (χ1) is 9.00. The highest BCUT2D eigenvalue weighted by Crippen LogP contribution is 2.27. The fraction of sp³-hybridized carbons (Fsp3) is 0.0714. The van der Waals surface area contributed by atoms with E-state index in [1.165, 1.54) is 30.3 Å². The molecule has 0 bridgehead atoms. The number of carbonyl (C=O) groups is 1. The van der Waals surface area contributed by atoms with Crippen LogP contribution in [0.1, 0.15) is 11.6 Å². The Bertz CT molecular complexity index is 629. The van der Waals surface area contributed by atoms with Gasteiger partial charge in [-0.3, -0.25) is 4.79 Å². The van der Waals surface area contributed by atoms with E-state index in [2.05, 4.69) is 0 Å². The van der Waals surface area contributed by atoms with E-state index in [0.29, 0.717) is 0 Å². The molecule has 0 fully saturated rings. The number of carboxylic acid groups (broad SMARTS) is 1. The number of carboxylic acids is 1. The summed E-state index contributed by atoms with van der Waals surface area (Å²) in [4.78, 5) is 10.8. The van der Waals surface area contributed by atoms with Crippen molar-refractivity contribution in [2.24, 2.45) is 5.73 Å². The van der Waals surface area contributed by atoms with Crippen LogP contribution in [0, 0.1) is 11.6 Å². The summed E-state index contributed by atoms with van der Waals surface area (Å²) >= 11 is 0. The molecule has 0 spiro atoms. The van der Waals surface area contributed by atoms with Crippen LogP contribution in [0.25, 0.3) is 11.1 Å². The van der Waals surface area contributed by atoms with Crippen molar-refractivity contribution < 1.29 is 18.7 Å². The van der Waals surface area contributed by atoms with Gasteiger partial charge in [0, 0.05) is 11.1 Å². The molecule has 0 aliphatic rings. The molecule has 0 aliphatic heterocycles. The maximum absolute atomic E-state index is 13.7. The fourth-order valence-electron chi connectivity index (χ4n) is 1.76. The van der Waals surface area contributed by atoms with Gasteiger partial charge in [-0.2, -0.15) is 0 Å². The van der Waals surface area contributed by atoms with Crippen LogP contribution >= 0.6 is 0 Å². The molecule has 0 radical (unpaired) electrons. The summed E-state index contributed by atoms with van der Waals surface area (Å²) in [5.41, 5.74) is 5.73. The maximum atomic E-state index is 13.7. The van der Waals surface area contributed by atoms with E-state index in [1.54, 1.807) is 6.07 Å². The molecule has 0 aliphatic carbocycles. The zero-order valence-corrected chi connectivity index (χ0v) is 9.81. The van der Waals surface area contributed by atoms with Gasteiger partial charge in [0.15, 0.2) is 0 Å². The molecule has 19 heavy (non-hydrogen) atoms. The number of benzene rings is 2. The first-order valence-corrected chi connectivity index (χ1v) is 5.53. The second-order valence-corrected chi connectivity index (χ2v) is 4.04. The van der Waals surface area contributed by atoms with E-state index in [0.717, 1.165) is 6.07 Å². The molecule has 0 amide bonds. The lowest BCUT2D eigenvalue weighted by Gasteiger charge is -2.10. The Morgan fingerprint density at radius 2 is 1.68 bits per heavy atom. The third-order valence-corrected chi connectivity index (χ3v) is 2.78. The van der Waals surface area contributed by atoms with Crippen molar-refractivity contribution in [3.8, 4) is 11.1 Å². The standard InChI is InChI=1S/C14H11F2NO2/c15-11-4-2-1-3-9(11)10-7-8(5-6-12(10)16)13(17)14(18)19/h1-7,13H,17H2,(H,18,19). The van der Waals surface area contributed by atoms with Crippen LogP contribution in [-0.4, -0.2) is 11.1 Å². The second-order valence-electron chi connectivity index (χ2n) is 4.04. The molecule has 98 valence electrons. The largest absolute Gasteiger partial charge is 0.480 e. The summed E-state index contributed by atoms with van der Waals surface area (Å²) in [6.45, 7) is 0. The van der Waals surface area contributed by atoms with Crippen LogP contribution in [0.2, 0.25) is 0 Å². The third-order valence-electron chi connectivity index (χ3n) is 2.78. The third kappa shape index (κ3) is 2.61. The van der Waals surface area contributed by atoms with Crippen LogP contribution in [0.3, 0.4) is 0 Å². The first-order valence-electron chi connectivity index (χ1n) is 5.53. The molecule has 1 atom stereocenters. The van der Waals surface area contributed by atoms with E-state index in [4.69, 9.17) is 10.8 Å². The lowest BCUT2D eigenvalue weighted by molar-refractivity contribution is -0.138. The van der Waals surface area contributed by atoms with Crippen molar-refractivity contribution in [1.29, 1.82) is 0 Å². The molecular weight excluding hydrogens is 252 g/mol. The minimum atomic E-state index is -1.27. The molecule has 2 aromatic carbocycles. The van der Waals surface area contributed by atoms with Crippen LogP contribution in [0.15, 0.2) is 42.5 Å². The van der Waals surface area contributed by atoms with Gasteiger partial charge >= 0.3 is 5.97 Å². The predicted octanol–water partition coefficient (Wildman–Crippen LogP) is 2.72. The zero-order chi connectivity index (χ0) is 14.0. The molecule has 3 N–H and O–H groups in total. The van der Waals surface area contributed by atoms with Gasteiger partial charge in [0.25, 0.3) is 0 Å². The predicted molar refractivity (Wildman–Crippen MR) is 66.4 cm³/mol. The topological polar surface area (TPSA) is 63.3 Å². The van der Waals surface area contributed by atoms with Crippen LogP contribution in [-0.2, 0) is 4.79 Å². The Hall–Kier alpha value is -2.27. The van der Waals surface area contributed by atoms with Crippen LogP contribution < -0.4 is 5.73 Å². The molecule has 0 aromatic heterocycles. The summed E-state index contributed by atoms with van der Waals surface area (Å²) in [5, 5.41) is 8.83. The van der Waals surface area contributed by atoms with Crippen molar-refractivity contribution in [2.75, 3.05) is 0 Å². The summed E-state index contributed by atoms with van der Waals surface area (Å²) in [7, 11) is 0. The van der Waals surface area contributed by atoms with Gasteiger partial charge in [-0.1, -0.05) is 24.3 Å². The minimum absolute atomic E-state index is 0.00713. The van der Waals surface area contributed by atoms with E-state index < -0.39 is 23.6 Å². The lowest BCUT2D eigenvalue weighted by atomic mass is 9.99. The van der Waals surface area contributed by atoms with Gasteiger partial charge in [-0.05, 0) is 23.8 Å². The SMILES string of the molecule is NC(C(=O)O)c1ccc(F)c(-c2ccccc2F)c1. The number of nitrogens with two attached hydrogens (primary N) is 1. The Morgan fingerprint density at radius 1 is 1.05 bits per heavy atom. The Kier molecular flexibility index (Phi) is 3.57. The monoisotopic (exact) mass is 263 g/mol. The number of hydrogen-bond donors (Lipinski definition) is 2. The van der Waals surface area contributed by atoms with Gasteiger partial charge < -0.3 is 10.8 Å². The summed E-state index contributed by atoms with van der Waals surface area (Å²) in [6.07, 6.45) is 0. The van der Waals surface area contributed by atoms with Crippen molar-refractivity contribution in [3.05, 3.63) is 59.7 Å². The number of aliphatic carboxylic acids is 1. The van der Waals surface area contributed by atoms with Gasteiger partial charge in [0.05, 0.1) is 0 Å². The second kappa shape index (κ2) is 5.16. The Morgan fingerprint density at radius 3 is 2.32 bits per heavy atom. The quantitative estimate of drug-likeness (QED) is 0.894. The normalized spacial score (nSPS) is 12.2. The van der Waals surface area contributed by atoms with Gasteiger partial charge in [0.2, 0.25) is 0 Å². The van der Waals surface area contributed by atoms with Crippen molar-refractivity contribution >= 4 is 5.97 Å². The molecule has 1 unspecified atom stereocenters. The highest BCUT2D eigenvalue weighted by molar-refractivity contribution is 5.76. The molecule has 0 saturated heterocycles. The Balaban J connectivity index is 2.55. The molecule has 0 heterocycles. The summed E-state index contributed by atoms with van der Waals surface area (Å²) < 4.78 is 27.4. The first kappa shape index (κ1) is 13.2. The summed E-state index contributed by atoms with van der Waals surface area (Å²) in [5.74, 6) is -2.44. The molecule has 2 aromatic rings. The van der Waals surface area contributed by atoms with Crippen molar-refractivity contribution in [3.63, 3.8) is 0 Å². The van der Waals surface area contributed by atoms with Gasteiger partial charge in [-0.25, -0.2) is 8.78 Å². The molecule has 3 nitrogen and oxygen atoms in total. The maximum Gasteiger partial charge on any atom is 0.325 e. The molecule has 5 heteroatoms. The van der Waals surface area contributed by atoms with Crippen LogP contribution in [0.4, 0.5) is 8.78 Å². The highest BCUT2D eigenvalue weighted by Gasteiger charge is 2.17. The summed E-state index contributed by atoms with van der Waals surface area (Å²) in [6, 6.07) is 8.03. The highest BCUT2D eigenvalue weighted by atomic mass is 19.1. The zero-order valence-electron chi connectivity index (χ0n) is 9.81. The molecular formula is C14H11F2NO2. The van der Waals surface area contributed by atoms with Crippen LogP contribution in [0.5, 0.6) is 0 Å². The van der Waals surface area contributed by atoms with E-state index >= 15 is 0 Å². The average molecular weight is 263 g/mol. The van der Waals surface area contributed by atoms with Crippen molar-refractivity contribution in [1.82, 2.24) is 0 Å². The molecule has 0 saturated carbocycles. The lowest BCUT2D eigenvalue weighted by Crippen LogP contribution is -2.20. The number of rotatable bonds is 3. The number of hydrogen-bond acceptors (Lipinski definition) is 2. The fourth-order valence-corrected chi connectivity index (χ4v) is 1.76. The van der Waals surface area contributed by atoms with E-state index in [1.807, 2.05) is 0 Å².